The summed E-state index contributed by atoms with van der Waals surface area (Å²) in [6.45, 7) is 0.892. The molecule has 0 saturated heterocycles. The Morgan fingerprint density at radius 2 is 1.72 bits per heavy atom. The van der Waals surface area contributed by atoms with Crippen molar-refractivity contribution in [3.63, 3.8) is 0 Å². The van der Waals surface area contributed by atoms with Crippen LogP contribution in [0.25, 0.3) is 0 Å². The van der Waals surface area contributed by atoms with Crippen LogP contribution in [0.3, 0.4) is 0 Å². The maximum absolute atomic E-state index is 12.2. The number of hydrogen-bond donors (Lipinski definition) is 1. The van der Waals surface area contributed by atoms with Gasteiger partial charge in [-0.05, 0) is 39.3 Å². The summed E-state index contributed by atoms with van der Waals surface area (Å²) in [5.74, 6) is 0.293. The van der Waals surface area contributed by atoms with Gasteiger partial charge in [-0.3, -0.25) is 0 Å². The second-order valence-electron chi connectivity index (χ2n) is 5.29. The van der Waals surface area contributed by atoms with Crippen molar-refractivity contribution in [2.45, 2.75) is 57.4 Å². The topological polar surface area (TPSA) is 49.4 Å². The van der Waals surface area contributed by atoms with Crippen LogP contribution in [0.1, 0.15) is 51.4 Å². The molecule has 0 aromatic carbocycles. The van der Waals surface area contributed by atoms with E-state index in [0.717, 1.165) is 32.2 Å². The van der Waals surface area contributed by atoms with Gasteiger partial charge < -0.3 is 5.32 Å². The molecule has 1 rings (SSSR count). The lowest BCUT2D eigenvalue weighted by molar-refractivity contribution is 0.335. The van der Waals surface area contributed by atoms with Gasteiger partial charge in [0.25, 0.3) is 0 Å². The van der Waals surface area contributed by atoms with Gasteiger partial charge in [-0.25, -0.2) is 12.7 Å². The van der Waals surface area contributed by atoms with E-state index in [-0.39, 0.29) is 6.04 Å². The van der Waals surface area contributed by atoms with Gasteiger partial charge in [0.05, 0.1) is 5.75 Å². The Bertz CT molecular complexity index is 309. The predicted molar refractivity (Wildman–Crippen MR) is 76.2 cm³/mol. The largest absolute Gasteiger partial charge is 0.320 e. The second-order valence-corrected chi connectivity index (χ2v) is 7.44. The van der Waals surface area contributed by atoms with E-state index < -0.39 is 10.0 Å². The van der Waals surface area contributed by atoms with Crippen molar-refractivity contribution < 1.29 is 8.42 Å². The lowest BCUT2D eigenvalue weighted by atomic mass is 10.1. The molecule has 18 heavy (non-hydrogen) atoms. The fraction of sp³-hybridized carbons (Fsp3) is 1.00. The zero-order valence-electron chi connectivity index (χ0n) is 11.8. The molecule has 1 saturated carbocycles. The lowest BCUT2D eigenvalue weighted by Crippen LogP contribution is -2.38. The summed E-state index contributed by atoms with van der Waals surface area (Å²) in [6.07, 6.45) is 8.60. The summed E-state index contributed by atoms with van der Waals surface area (Å²) in [6, 6.07) is 0.238. The van der Waals surface area contributed by atoms with Crippen LogP contribution in [0.5, 0.6) is 0 Å². The highest BCUT2D eigenvalue weighted by Gasteiger charge is 2.26. The molecule has 1 N–H and O–H groups in total. The summed E-state index contributed by atoms with van der Waals surface area (Å²) in [5.41, 5.74) is 0. The fourth-order valence-corrected chi connectivity index (χ4v) is 4.10. The first-order valence-electron chi connectivity index (χ1n) is 7.18. The van der Waals surface area contributed by atoms with Crippen molar-refractivity contribution in [3.8, 4) is 0 Å². The predicted octanol–water partition coefficient (Wildman–Crippen LogP) is 1.97. The van der Waals surface area contributed by atoms with Crippen LogP contribution in [0, 0.1) is 0 Å². The van der Waals surface area contributed by atoms with E-state index in [4.69, 9.17) is 0 Å². The molecular weight excluding hydrogens is 248 g/mol. The van der Waals surface area contributed by atoms with Crippen LogP contribution in [-0.4, -0.2) is 45.2 Å². The lowest BCUT2D eigenvalue weighted by Gasteiger charge is -2.26. The molecule has 0 bridgehead atoms. The standard InChI is InChI=1S/C13H28N2O2S/c1-14-11-7-8-12-18(16,17)15(2)13-9-5-3-4-6-10-13/h13-14H,3-12H2,1-2H3. The van der Waals surface area contributed by atoms with Crippen LogP contribution < -0.4 is 5.32 Å². The van der Waals surface area contributed by atoms with Crippen molar-refractivity contribution in [2.24, 2.45) is 0 Å². The zero-order chi connectivity index (χ0) is 13.4. The SMILES string of the molecule is CNCCCCS(=O)(=O)N(C)C1CCCCCC1. The van der Waals surface area contributed by atoms with Gasteiger partial charge in [0.15, 0.2) is 0 Å². The average molecular weight is 276 g/mol. The van der Waals surface area contributed by atoms with E-state index >= 15 is 0 Å². The van der Waals surface area contributed by atoms with Gasteiger partial charge in [0, 0.05) is 13.1 Å². The molecule has 0 heterocycles. The van der Waals surface area contributed by atoms with E-state index in [1.54, 1.807) is 11.4 Å². The summed E-state index contributed by atoms with van der Waals surface area (Å²) < 4.78 is 26.1. The number of hydrogen-bond acceptors (Lipinski definition) is 3. The third-order valence-corrected chi connectivity index (χ3v) is 5.84. The van der Waals surface area contributed by atoms with E-state index in [9.17, 15) is 8.42 Å². The first-order chi connectivity index (χ1) is 8.58. The fourth-order valence-electron chi connectivity index (χ4n) is 2.58. The van der Waals surface area contributed by atoms with Gasteiger partial charge in [-0.15, -0.1) is 0 Å². The number of sulfonamides is 1. The maximum atomic E-state index is 12.2. The Hall–Kier alpha value is -0.130. The van der Waals surface area contributed by atoms with E-state index in [1.807, 2.05) is 7.05 Å². The molecule has 0 amide bonds. The highest BCUT2D eigenvalue weighted by molar-refractivity contribution is 7.89. The highest BCUT2D eigenvalue weighted by atomic mass is 32.2. The third-order valence-electron chi connectivity index (χ3n) is 3.86. The molecule has 0 aromatic rings. The van der Waals surface area contributed by atoms with E-state index in [0.29, 0.717) is 5.75 Å². The highest BCUT2D eigenvalue weighted by Crippen LogP contribution is 2.23. The van der Waals surface area contributed by atoms with Crippen LogP contribution in [0.15, 0.2) is 0 Å². The van der Waals surface area contributed by atoms with Gasteiger partial charge in [-0.2, -0.15) is 0 Å². The zero-order valence-corrected chi connectivity index (χ0v) is 12.6. The molecule has 0 radical (unpaired) electrons. The molecule has 1 fully saturated rings. The van der Waals surface area contributed by atoms with Crippen molar-refractivity contribution in [3.05, 3.63) is 0 Å². The molecule has 108 valence electrons. The molecule has 0 atom stereocenters. The van der Waals surface area contributed by atoms with Crippen molar-refractivity contribution in [2.75, 3.05) is 26.4 Å². The number of nitrogens with one attached hydrogen (secondary N) is 1. The van der Waals surface area contributed by atoms with Crippen LogP contribution in [-0.2, 0) is 10.0 Å². The van der Waals surface area contributed by atoms with Gasteiger partial charge in [-0.1, -0.05) is 25.7 Å². The minimum atomic E-state index is -3.05. The summed E-state index contributed by atoms with van der Waals surface area (Å²) in [7, 11) is 0.611. The Balaban J connectivity index is 2.43. The second kappa shape index (κ2) is 8.12. The van der Waals surface area contributed by atoms with Crippen molar-refractivity contribution in [1.82, 2.24) is 9.62 Å². The molecule has 1 aliphatic rings. The molecule has 0 spiro atoms. The maximum Gasteiger partial charge on any atom is 0.214 e. The number of nitrogens with zero attached hydrogens (tertiary/aromatic N) is 1. The molecule has 0 aliphatic heterocycles. The van der Waals surface area contributed by atoms with Crippen molar-refractivity contribution >= 4 is 10.0 Å². The summed E-state index contributed by atoms with van der Waals surface area (Å²) in [5, 5.41) is 3.05. The molecule has 4 nitrogen and oxygen atoms in total. The van der Waals surface area contributed by atoms with Gasteiger partial charge in [0.1, 0.15) is 0 Å². The Morgan fingerprint density at radius 1 is 1.11 bits per heavy atom. The third kappa shape index (κ3) is 5.24. The van der Waals surface area contributed by atoms with Crippen LogP contribution >= 0.6 is 0 Å². The number of unbranched alkanes of at least 4 members (excludes halogenated alkanes) is 1. The monoisotopic (exact) mass is 276 g/mol. The Morgan fingerprint density at radius 3 is 2.28 bits per heavy atom. The summed E-state index contributed by atoms with van der Waals surface area (Å²) in [4.78, 5) is 0. The Kier molecular flexibility index (Phi) is 7.19. The van der Waals surface area contributed by atoms with Crippen LogP contribution in [0.2, 0.25) is 0 Å². The molecule has 5 heteroatoms. The number of rotatable bonds is 7. The average Bonchev–Trinajstić information content (AvgIpc) is 2.62. The van der Waals surface area contributed by atoms with Gasteiger partial charge >= 0.3 is 0 Å². The van der Waals surface area contributed by atoms with Gasteiger partial charge in [0.2, 0.25) is 10.0 Å². The van der Waals surface area contributed by atoms with E-state index in [2.05, 4.69) is 5.32 Å². The first kappa shape index (κ1) is 15.9. The molecule has 1 aliphatic carbocycles. The Labute approximate surface area is 112 Å². The summed E-state index contributed by atoms with van der Waals surface area (Å²) >= 11 is 0. The minimum Gasteiger partial charge on any atom is -0.320 e. The smallest absolute Gasteiger partial charge is 0.214 e. The molecule has 0 aromatic heterocycles. The van der Waals surface area contributed by atoms with Crippen molar-refractivity contribution in [1.29, 1.82) is 0 Å². The quantitative estimate of drug-likeness (QED) is 0.571. The minimum absolute atomic E-state index is 0.238. The van der Waals surface area contributed by atoms with E-state index in [1.165, 1.54) is 25.7 Å². The first-order valence-corrected chi connectivity index (χ1v) is 8.79. The molecular formula is C13H28N2O2S. The molecule has 0 unspecified atom stereocenters. The van der Waals surface area contributed by atoms with Crippen LogP contribution in [0.4, 0.5) is 0 Å². The normalized spacial score (nSPS) is 19.1.